The molecular weight excluding hydrogens is 300 g/mol. The van der Waals surface area contributed by atoms with Gasteiger partial charge in [-0.1, -0.05) is 0 Å². The van der Waals surface area contributed by atoms with Crippen LogP contribution in [-0.2, 0) is 19.2 Å². The van der Waals surface area contributed by atoms with Gasteiger partial charge in [0.05, 0.1) is 5.88 Å². The number of hydrogen-bond acceptors (Lipinski definition) is 5. The fourth-order valence-corrected chi connectivity index (χ4v) is 3.67. The van der Waals surface area contributed by atoms with E-state index in [9.17, 15) is 19.2 Å². The van der Waals surface area contributed by atoms with Crippen LogP contribution in [0.3, 0.4) is 0 Å². The molecule has 2 rings (SSSR count). The first kappa shape index (κ1) is 15.6. The second-order valence-electron chi connectivity index (χ2n) is 4.98. The number of nitrogens with zero attached hydrogens (tertiary/aromatic N) is 2. The predicted octanol–water partition coefficient (Wildman–Crippen LogP) is -0.562. The molecule has 0 radical (unpaired) electrons. The maximum absolute atomic E-state index is 12.2. The Morgan fingerprint density at radius 1 is 0.905 bits per heavy atom. The smallest absolute Gasteiger partial charge is 0.327 e. The van der Waals surface area contributed by atoms with Gasteiger partial charge in [-0.3, -0.25) is 9.59 Å². The van der Waals surface area contributed by atoms with Crippen molar-refractivity contribution in [3.63, 3.8) is 0 Å². The molecule has 0 unspecified atom stereocenters. The summed E-state index contributed by atoms with van der Waals surface area (Å²) in [7, 11) is 0. The van der Waals surface area contributed by atoms with E-state index >= 15 is 0 Å². The summed E-state index contributed by atoms with van der Waals surface area (Å²) in [4.78, 5) is 48.7. The van der Waals surface area contributed by atoms with Gasteiger partial charge in [0, 0.05) is 12.3 Å². The van der Waals surface area contributed by atoms with Crippen LogP contribution in [0.5, 0.6) is 0 Å². The summed E-state index contributed by atoms with van der Waals surface area (Å²) >= 11 is 1.26. The highest BCUT2D eigenvalue weighted by molar-refractivity contribution is 7.99. The zero-order chi connectivity index (χ0) is 15.6. The molecule has 0 saturated carbocycles. The van der Waals surface area contributed by atoms with Crippen molar-refractivity contribution in [1.29, 1.82) is 0 Å². The maximum Gasteiger partial charge on any atom is 0.327 e. The monoisotopic (exact) mass is 316 g/mol. The van der Waals surface area contributed by atoms with E-state index < -0.39 is 35.8 Å². The van der Waals surface area contributed by atoms with Crippen LogP contribution >= 0.6 is 11.8 Å². The van der Waals surface area contributed by atoms with Crippen molar-refractivity contribution in [2.45, 2.75) is 31.3 Å². The van der Waals surface area contributed by atoms with E-state index in [0.717, 1.165) is 9.80 Å². The standard InChI is InChI=1S/C12H16N2O6S/c15-9(13-4-2-1-3-7(13)11(17)18)10(16)14-6-21-5-8(14)12(19)20/h7-8H,1-6H2,(H,17,18)(H,19,20)/t7-,8-/m0/s1. The Morgan fingerprint density at radius 2 is 1.52 bits per heavy atom. The van der Waals surface area contributed by atoms with Crippen molar-refractivity contribution in [3.05, 3.63) is 0 Å². The average molecular weight is 316 g/mol. The number of aliphatic carboxylic acids is 2. The molecule has 0 bridgehead atoms. The normalized spacial score (nSPS) is 25.7. The fourth-order valence-electron chi connectivity index (χ4n) is 2.52. The number of thioether (sulfide) groups is 1. The highest BCUT2D eigenvalue weighted by atomic mass is 32.2. The van der Waals surface area contributed by atoms with E-state index in [1.807, 2.05) is 0 Å². The molecule has 0 aromatic heterocycles. The highest BCUT2D eigenvalue weighted by Crippen LogP contribution is 2.23. The third kappa shape index (κ3) is 3.12. The number of rotatable bonds is 2. The van der Waals surface area contributed by atoms with Crippen LogP contribution < -0.4 is 0 Å². The molecule has 8 nitrogen and oxygen atoms in total. The third-order valence-electron chi connectivity index (χ3n) is 3.66. The summed E-state index contributed by atoms with van der Waals surface area (Å²) in [5.41, 5.74) is 0. The number of carboxylic acid groups (broad SMARTS) is 2. The van der Waals surface area contributed by atoms with Crippen LogP contribution in [0.25, 0.3) is 0 Å². The Balaban J connectivity index is 2.12. The topological polar surface area (TPSA) is 115 Å². The van der Waals surface area contributed by atoms with Gasteiger partial charge in [0.1, 0.15) is 12.1 Å². The molecule has 0 spiro atoms. The molecule has 2 aliphatic rings. The fraction of sp³-hybridized carbons (Fsp3) is 0.667. The van der Waals surface area contributed by atoms with E-state index in [0.29, 0.717) is 19.3 Å². The van der Waals surface area contributed by atoms with E-state index in [1.165, 1.54) is 11.8 Å². The zero-order valence-electron chi connectivity index (χ0n) is 11.2. The Labute approximate surface area is 125 Å². The van der Waals surface area contributed by atoms with Crippen molar-refractivity contribution in [1.82, 2.24) is 9.80 Å². The van der Waals surface area contributed by atoms with E-state index in [2.05, 4.69) is 0 Å². The minimum absolute atomic E-state index is 0.132. The zero-order valence-corrected chi connectivity index (χ0v) is 12.0. The number of piperidine rings is 1. The largest absolute Gasteiger partial charge is 0.480 e. The van der Waals surface area contributed by atoms with E-state index in [-0.39, 0.29) is 18.2 Å². The van der Waals surface area contributed by atoms with Crippen molar-refractivity contribution < 1.29 is 29.4 Å². The molecular formula is C12H16N2O6S. The molecule has 2 N–H and O–H groups in total. The van der Waals surface area contributed by atoms with Gasteiger partial charge in [-0.25, -0.2) is 9.59 Å². The number of likely N-dealkylation sites (tertiary alicyclic amines) is 1. The minimum Gasteiger partial charge on any atom is -0.480 e. The second kappa shape index (κ2) is 6.33. The molecule has 0 aromatic rings. The van der Waals surface area contributed by atoms with Crippen LogP contribution in [-0.4, -0.2) is 74.0 Å². The molecule has 2 heterocycles. The van der Waals surface area contributed by atoms with Crippen LogP contribution in [0, 0.1) is 0 Å². The number of carbonyl (C=O) groups excluding carboxylic acids is 2. The molecule has 0 aromatic carbocycles. The van der Waals surface area contributed by atoms with Gasteiger partial charge < -0.3 is 20.0 Å². The van der Waals surface area contributed by atoms with Crippen LogP contribution in [0.1, 0.15) is 19.3 Å². The lowest BCUT2D eigenvalue weighted by atomic mass is 10.0. The third-order valence-corrected chi connectivity index (χ3v) is 4.67. The summed E-state index contributed by atoms with van der Waals surface area (Å²) in [5.74, 6) is -3.78. The molecule has 2 fully saturated rings. The number of hydrogen-bond donors (Lipinski definition) is 2. The lowest BCUT2D eigenvalue weighted by Gasteiger charge is -2.33. The summed E-state index contributed by atoms with van der Waals surface area (Å²) in [5, 5.41) is 18.2. The number of carboxylic acids is 2. The maximum atomic E-state index is 12.2. The van der Waals surface area contributed by atoms with Crippen LogP contribution in [0.15, 0.2) is 0 Å². The van der Waals surface area contributed by atoms with Gasteiger partial charge in [0.15, 0.2) is 0 Å². The van der Waals surface area contributed by atoms with Gasteiger partial charge in [0.2, 0.25) is 0 Å². The first-order valence-corrected chi connectivity index (χ1v) is 7.74. The van der Waals surface area contributed by atoms with E-state index in [1.54, 1.807) is 0 Å². The first-order chi connectivity index (χ1) is 9.93. The molecule has 116 valence electrons. The first-order valence-electron chi connectivity index (χ1n) is 6.58. The number of carbonyl (C=O) groups is 4. The van der Waals surface area contributed by atoms with Gasteiger partial charge in [-0.15, -0.1) is 11.8 Å². The molecule has 0 aliphatic carbocycles. The van der Waals surface area contributed by atoms with Crippen LogP contribution in [0.4, 0.5) is 0 Å². The molecule has 2 saturated heterocycles. The lowest BCUT2D eigenvalue weighted by molar-refractivity contribution is -0.161. The van der Waals surface area contributed by atoms with Crippen molar-refractivity contribution in [2.24, 2.45) is 0 Å². The Morgan fingerprint density at radius 3 is 2.14 bits per heavy atom. The van der Waals surface area contributed by atoms with Gasteiger partial charge in [-0.2, -0.15) is 0 Å². The van der Waals surface area contributed by atoms with Gasteiger partial charge in [0.25, 0.3) is 0 Å². The molecule has 21 heavy (non-hydrogen) atoms. The van der Waals surface area contributed by atoms with Crippen LogP contribution in [0.2, 0.25) is 0 Å². The quantitative estimate of drug-likeness (QED) is 0.656. The molecule has 2 atom stereocenters. The van der Waals surface area contributed by atoms with Crippen molar-refractivity contribution in [2.75, 3.05) is 18.2 Å². The predicted molar refractivity (Wildman–Crippen MR) is 72.6 cm³/mol. The summed E-state index contributed by atoms with van der Waals surface area (Å²) in [6.45, 7) is 0.209. The molecule has 9 heteroatoms. The average Bonchev–Trinajstić information content (AvgIpc) is 2.95. The lowest BCUT2D eigenvalue weighted by Crippen LogP contribution is -2.55. The second-order valence-corrected chi connectivity index (χ2v) is 5.98. The number of amides is 2. The van der Waals surface area contributed by atoms with Gasteiger partial charge >= 0.3 is 23.8 Å². The Kier molecular flexibility index (Phi) is 4.71. The van der Waals surface area contributed by atoms with E-state index in [4.69, 9.17) is 10.2 Å². The summed E-state index contributed by atoms with van der Waals surface area (Å²) in [6, 6.07) is -2.03. The SMILES string of the molecule is O=C(O)[C@@H]1CCCCN1C(=O)C(=O)N1CSC[C@H]1C(=O)O. The van der Waals surface area contributed by atoms with Crippen molar-refractivity contribution >= 4 is 35.5 Å². The highest BCUT2D eigenvalue weighted by Gasteiger charge is 2.42. The van der Waals surface area contributed by atoms with Crippen molar-refractivity contribution in [3.8, 4) is 0 Å². The minimum atomic E-state index is -1.16. The Hall–Kier alpha value is -1.77. The van der Waals surface area contributed by atoms with Gasteiger partial charge in [-0.05, 0) is 19.3 Å². The summed E-state index contributed by atoms with van der Waals surface area (Å²) < 4.78 is 0. The molecule has 2 aliphatic heterocycles. The Bertz CT molecular complexity index is 482. The molecule has 2 amide bonds. The summed E-state index contributed by atoms with van der Waals surface area (Å²) in [6.07, 6.45) is 1.64.